The van der Waals surface area contributed by atoms with E-state index in [1.807, 2.05) is 26.0 Å². The molecule has 3 amide bonds. The highest BCUT2D eigenvalue weighted by Crippen LogP contribution is 2.24. The highest BCUT2D eigenvalue weighted by molar-refractivity contribution is 5.94. The van der Waals surface area contributed by atoms with Crippen molar-refractivity contribution in [2.45, 2.75) is 26.4 Å². The van der Waals surface area contributed by atoms with Crippen LogP contribution in [0, 0.1) is 12.7 Å². The summed E-state index contributed by atoms with van der Waals surface area (Å²) in [5.41, 5.74) is 2.98. The first-order valence-corrected chi connectivity index (χ1v) is 7.99. The Balaban J connectivity index is 1.65. The third kappa shape index (κ3) is 3.76. The van der Waals surface area contributed by atoms with E-state index in [4.69, 9.17) is 0 Å². The van der Waals surface area contributed by atoms with Crippen LogP contribution in [-0.4, -0.2) is 28.4 Å². The van der Waals surface area contributed by atoms with Gasteiger partial charge in [0.25, 0.3) is 0 Å². The Morgan fingerprint density at radius 2 is 2.24 bits per heavy atom. The molecule has 0 aliphatic carbocycles. The van der Waals surface area contributed by atoms with Crippen LogP contribution in [0.25, 0.3) is 0 Å². The predicted molar refractivity (Wildman–Crippen MR) is 91.4 cm³/mol. The molecule has 7 heteroatoms. The van der Waals surface area contributed by atoms with Crippen LogP contribution in [0.15, 0.2) is 36.5 Å². The van der Waals surface area contributed by atoms with Crippen molar-refractivity contribution in [3.63, 3.8) is 0 Å². The van der Waals surface area contributed by atoms with E-state index < -0.39 is 0 Å². The maximum absolute atomic E-state index is 13.4. The maximum atomic E-state index is 13.4. The third-order valence-electron chi connectivity index (χ3n) is 4.13. The number of halogens is 1. The molecule has 0 fully saturated rings. The zero-order valence-corrected chi connectivity index (χ0v) is 14.0. The van der Waals surface area contributed by atoms with Gasteiger partial charge in [-0.3, -0.25) is 9.78 Å². The van der Waals surface area contributed by atoms with Crippen LogP contribution in [0.3, 0.4) is 0 Å². The molecular formula is C18H19FN4O2. The molecule has 0 radical (unpaired) electrons. The number of benzene rings is 1. The molecule has 1 aliphatic heterocycles. The van der Waals surface area contributed by atoms with Gasteiger partial charge in [-0.25, -0.2) is 9.18 Å². The van der Waals surface area contributed by atoms with E-state index in [-0.39, 0.29) is 36.9 Å². The Labute approximate surface area is 145 Å². The van der Waals surface area contributed by atoms with Gasteiger partial charge in [0.05, 0.1) is 18.3 Å². The molecule has 1 aliphatic rings. The summed E-state index contributed by atoms with van der Waals surface area (Å²) in [6.07, 6.45) is 1.68. The molecule has 2 aromatic rings. The second-order valence-electron chi connectivity index (χ2n) is 6.08. The molecule has 6 nitrogen and oxygen atoms in total. The molecule has 2 heterocycles. The molecule has 0 bridgehead atoms. The molecule has 0 spiro atoms. The number of anilines is 1. The van der Waals surface area contributed by atoms with Crippen molar-refractivity contribution in [1.82, 2.24) is 15.2 Å². The monoisotopic (exact) mass is 342 g/mol. The number of rotatable bonds is 4. The number of carbonyl (C=O) groups excluding carboxylic acids is 2. The summed E-state index contributed by atoms with van der Waals surface area (Å²) in [5, 5.41) is 5.51. The first-order chi connectivity index (χ1) is 11.9. The largest absolute Gasteiger partial charge is 0.346 e. The smallest absolute Gasteiger partial charge is 0.322 e. The Kier molecular flexibility index (Phi) is 4.65. The SMILES string of the molecule is Cc1cccnc1[C@H](C)NC(=O)CN1Cc2cc(F)ccc2NC1=O. The fourth-order valence-corrected chi connectivity index (χ4v) is 2.89. The van der Waals surface area contributed by atoms with Crippen molar-refractivity contribution in [2.24, 2.45) is 0 Å². The summed E-state index contributed by atoms with van der Waals surface area (Å²) in [5.74, 6) is -0.675. The lowest BCUT2D eigenvalue weighted by Gasteiger charge is -2.29. The number of fused-ring (bicyclic) bond motifs is 1. The summed E-state index contributed by atoms with van der Waals surface area (Å²) in [6, 6.07) is 7.28. The minimum absolute atomic E-state index is 0.113. The Hall–Kier alpha value is -2.96. The van der Waals surface area contributed by atoms with E-state index in [0.717, 1.165) is 11.3 Å². The minimum atomic E-state index is -0.379. The predicted octanol–water partition coefficient (Wildman–Crippen LogP) is 2.75. The summed E-state index contributed by atoms with van der Waals surface area (Å²) in [7, 11) is 0. The van der Waals surface area contributed by atoms with Crippen molar-refractivity contribution in [3.05, 3.63) is 59.2 Å². The molecule has 0 saturated carbocycles. The van der Waals surface area contributed by atoms with Crippen LogP contribution >= 0.6 is 0 Å². The first-order valence-electron chi connectivity index (χ1n) is 7.99. The second kappa shape index (κ2) is 6.88. The number of hydrogen-bond donors (Lipinski definition) is 2. The van der Waals surface area contributed by atoms with E-state index in [1.54, 1.807) is 6.20 Å². The number of amides is 3. The van der Waals surface area contributed by atoms with E-state index in [0.29, 0.717) is 11.3 Å². The zero-order valence-electron chi connectivity index (χ0n) is 14.0. The van der Waals surface area contributed by atoms with Gasteiger partial charge < -0.3 is 15.5 Å². The van der Waals surface area contributed by atoms with Crippen LogP contribution in [0.4, 0.5) is 14.9 Å². The lowest BCUT2D eigenvalue weighted by molar-refractivity contribution is -0.122. The summed E-state index contributed by atoms with van der Waals surface area (Å²) >= 11 is 0. The maximum Gasteiger partial charge on any atom is 0.322 e. The van der Waals surface area contributed by atoms with Gasteiger partial charge >= 0.3 is 6.03 Å². The fraction of sp³-hybridized carbons (Fsp3) is 0.278. The summed E-state index contributed by atoms with van der Waals surface area (Å²) in [6.45, 7) is 3.84. The normalized spacial score (nSPS) is 14.5. The molecule has 1 aromatic carbocycles. The average Bonchev–Trinajstić information content (AvgIpc) is 2.56. The number of nitrogens with one attached hydrogen (secondary N) is 2. The quantitative estimate of drug-likeness (QED) is 0.897. The van der Waals surface area contributed by atoms with Crippen molar-refractivity contribution in [3.8, 4) is 0 Å². The van der Waals surface area contributed by atoms with Gasteiger partial charge in [-0.1, -0.05) is 6.07 Å². The Morgan fingerprint density at radius 3 is 3.00 bits per heavy atom. The van der Waals surface area contributed by atoms with Crippen LogP contribution < -0.4 is 10.6 Å². The topological polar surface area (TPSA) is 74.3 Å². The molecule has 1 aromatic heterocycles. The molecule has 0 unspecified atom stereocenters. The van der Waals surface area contributed by atoms with E-state index in [9.17, 15) is 14.0 Å². The number of urea groups is 1. The lowest BCUT2D eigenvalue weighted by atomic mass is 10.1. The van der Waals surface area contributed by atoms with Gasteiger partial charge in [-0.15, -0.1) is 0 Å². The molecule has 130 valence electrons. The van der Waals surface area contributed by atoms with Crippen LogP contribution in [0.5, 0.6) is 0 Å². The van der Waals surface area contributed by atoms with Crippen molar-refractivity contribution >= 4 is 17.6 Å². The number of carbonyl (C=O) groups is 2. The van der Waals surface area contributed by atoms with Crippen LogP contribution in [0.1, 0.15) is 29.8 Å². The number of aryl methyl sites for hydroxylation is 1. The number of pyridine rings is 1. The minimum Gasteiger partial charge on any atom is -0.346 e. The Bertz CT molecular complexity index is 824. The van der Waals surface area contributed by atoms with Crippen LogP contribution in [-0.2, 0) is 11.3 Å². The highest BCUT2D eigenvalue weighted by atomic mass is 19.1. The average molecular weight is 342 g/mol. The summed E-state index contributed by atoms with van der Waals surface area (Å²) in [4.78, 5) is 30.0. The van der Waals surface area contributed by atoms with Crippen molar-refractivity contribution < 1.29 is 14.0 Å². The van der Waals surface area contributed by atoms with Crippen molar-refractivity contribution in [1.29, 1.82) is 0 Å². The zero-order chi connectivity index (χ0) is 18.0. The molecule has 2 N–H and O–H groups in total. The molecule has 3 rings (SSSR count). The Morgan fingerprint density at radius 1 is 1.44 bits per heavy atom. The van der Waals surface area contributed by atoms with Gasteiger partial charge in [-0.05, 0) is 49.2 Å². The fourth-order valence-electron chi connectivity index (χ4n) is 2.89. The third-order valence-corrected chi connectivity index (χ3v) is 4.13. The molecule has 0 saturated heterocycles. The number of aromatic nitrogens is 1. The van der Waals surface area contributed by atoms with Gasteiger partial charge in [0.1, 0.15) is 12.4 Å². The first kappa shape index (κ1) is 16.9. The molecular weight excluding hydrogens is 323 g/mol. The van der Waals surface area contributed by atoms with Gasteiger partial charge in [0.2, 0.25) is 5.91 Å². The molecule has 1 atom stereocenters. The van der Waals surface area contributed by atoms with Crippen molar-refractivity contribution in [2.75, 3.05) is 11.9 Å². The van der Waals surface area contributed by atoms with E-state index in [1.165, 1.54) is 23.1 Å². The number of hydrogen-bond acceptors (Lipinski definition) is 3. The number of nitrogens with zero attached hydrogens (tertiary/aromatic N) is 2. The van der Waals surface area contributed by atoms with Gasteiger partial charge in [0.15, 0.2) is 0 Å². The molecule has 25 heavy (non-hydrogen) atoms. The second-order valence-corrected chi connectivity index (χ2v) is 6.08. The van der Waals surface area contributed by atoms with Crippen LogP contribution in [0.2, 0.25) is 0 Å². The standard InChI is InChI=1S/C18H19FN4O2/c1-11-4-3-7-20-17(11)12(2)21-16(24)10-23-9-13-8-14(19)5-6-15(13)22-18(23)25/h3-8,12H,9-10H2,1-2H3,(H,21,24)(H,22,25)/t12-/m0/s1. The van der Waals surface area contributed by atoms with E-state index >= 15 is 0 Å². The summed E-state index contributed by atoms with van der Waals surface area (Å²) < 4.78 is 13.4. The lowest BCUT2D eigenvalue weighted by Crippen LogP contribution is -2.45. The van der Waals surface area contributed by atoms with Gasteiger partial charge in [-0.2, -0.15) is 0 Å². The highest BCUT2D eigenvalue weighted by Gasteiger charge is 2.25. The van der Waals surface area contributed by atoms with Gasteiger partial charge in [0, 0.05) is 11.9 Å². The van der Waals surface area contributed by atoms with E-state index in [2.05, 4.69) is 15.6 Å².